The maximum atomic E-state index is 11.3. The molecule has 22 heavy (non-hydrogen) atoms. The summed E-state index contributed by atoms with van der Waals surface area (Å²) in [5.41, 5.74) is 10.4. The predicted molar refractivity (Wildman–Crippen MR) is 76.7 cm³/mol. The Morgan fingerprint density at radius 2 is 1.73 bits per heavy atom. The Balaban J connectivity index is 2.45. The summed E-state index contributed by atoms with van der Waals surface area (Å²) >= 11 is 0. The maximum Gasteiger partial charge on any atom is 0.316 e. The Morgan fingerprint density at radius 3 is 2.18 bits per heavy atom. The third kappa shape index (κ3) is 3.21. The Labute approximate surface area is 124 Å². The molecule has 2 aromatic rings. The molecule has 0 bridgehead atoms. The van der Waals surface area contributed by atoms with E-state index in [0.29, 0.717) is 5.69 Å². The molecular weight excluding hydrogens is 312 g/mol. The first-order valence-electron chi connectivity index (χ1n) is 5.77. The fraction of sp³-hybridized carbons (Fsp3) is 0. The van der Waals surface area contributed by atoms with Gasteiger partial charge in [0.2, 0.25) is 10.0 Å². The van der Waals surface area contributed by atoms with E-state index in [0.717, 1.165) is 0 Å². The van der Waals surface area contributed by atoms with Gasteiger partial charge in [0.15, 0.2) is 5.69 Å². The van der Waals surface area contributed by atoms with Crippen LogP contribution < -0.4 is 21.9 Å². The molecule has 3 amide bonds. The minimum absolute atomic E-state index is 0.0375. The number of rotatable bonds is 4. The van der Waals surface area contributed by atoms with Crippen LogP contribution in [-0.2, 0) is 10.0 Å². The number of anilines is 1. The van der Waals surface area contributed by atoms with Crippen LogP contribution in [0.1, 0.15) is 10.5 Å². The summed E-state index contributed by atoms with van der Waals surface area (Å²) in [6.45, 7) is 0. The molecule has 0 aliphatic rings. The third-order valence-corrected chi connectivity index (χ3v) is 3.56. The van der Waals surface area contributed by atoms with Crippen LogP contribution in [0.3, 0.4) is 0 Å². The van der Waals surface area contributed by atoms with Gasteiger partial charge in [-0.05, 0) is 24.3 Å². The summed E-state index contributed by atoms with van der Waals surface area (Å²) in [7, 11) is -3.81. The van der Waals surface area contributed by atoms with Crippen LogP contribution in [0, 0.1) is 0 Å². The molecule has 0 fully saturated rings. The van der Waals surface area contributed by atoms with Gasteiger partial charge in [0.1, 0.15) is 0 Å². The average Bonchev–Trinajstić information content (AvgIpc) is 2.81. The van der Waals surface area contributed by atoms with Gasteiger partial charge in [0, 0.05) is 0 Å². The lowest BCUT2D eigenvalue weighted by molar-refractivity contribution is 0.0996. The first-order valence-corrected chi connectivity index (χ1v) is 7.32. The summed E-state index contributed by atoms with van der Waals surface area (Å²) in [6.07, 6.45) is 1.32. The van der Waals surface area contributed by atoms with E-state index in [1.807, 2.05) is 0 Å². The SMILES string of the molecule is NC(=O)Nc1cn(-c2ccc(S(N)(=O)=O)cc2)nc1C(N)=O. The highest BCUT2D eigenvalue weighted by Gasteiger charge is 2.16. The van der Waals surface area contributed by atoms with Gasteiger partial charge in [-0.25, -0.2) is 23.0 Å². The van der Waals surface area contributed by atoms with Gasteiger partial charge in [-0.1, -0.05) is 0 Å². The summed E-state index contributed by atoms with van der Waals surface area (Å²) in [4.78, 5) is 22.1. The van der Waals surface area contributed by atoms with Crippen LogP contribution in [0.2, 0.25) is 0 Å². The van der Waals surface area contributed by atoms with Crippen LogP contribution in [0.15, 0.2) is 35.4 Å². The van der Waals surface area contributed by atoms with E-state index in [1.165, 1.54) is 35.1 Å². The van der Waals surface area contributed by atoms with Crippen molar-refractivity contribution in [2.45, 2.75) is 4.90 Å². The number of nitrogens with zero attached hydrogens (tertiary/aromatic N) is 2. The van der Waals surface area contributed by atoms with Crippen molar-refractivity contribution in [1.82, 2.24) is 9.78 Å². The monoisotopic (exact) mass is 324 g/mol. The normalized spacial score (nSPS) is 11.1. The number of hydrogen-bond acceptors (Lipinski definition) is 5. The number of nitrogens with one attached hydrogen (secondary N) is 1. The molecule has 10 nitrogen and oxygen atoms in total. The second-order valence-corrected chi connectivity index (χ2v) is 5.79. The molecule has 0 saturated carbocycles. The number of urea groups is 1. The van der Waals surface area contributed by atoms with Crippen molar-refractivity contribution in [3.05, 3.63) is 36.2 Å². The van der Waals surface area contributed by atoms with Crippen molar-refractivity contribution in [1.29, 1.82) is 0 Å². The number of carbonyl (C=O) groups is 2. The van der Waals surface area contributed by atoms with E-state index >= 15 is 0 Å². The first kappa shape index (κ1) is 15.5. The van der Waals surface area contributed by atoms with Gasteiger partial charge in [0.05, 0.1) is 22.5 Å². The zero-order valence-corrected chi connectivity index (χ0v) is 11.9. The Hall–Kier alpha value is -2.92. The topological polar surface area (TPSA) is 176 Å². The highest BCUT2D eigenvalue weighted by atomic mass is 32.2. The van der Waals surface area contributed by atoms with Gasteiger partial charge in [-0.2, -0.15) is 5.10 Å². The predicted octanol–water partition coefficient (Wildman–Crippen LogP) is -0.891. The molecule has 0 atom stereocenters. The largest absolute Gasteiger partial charge is 0.364 e. The third-order valence-electron chi connectivity index (χ3n) is 2.64. The van der Waals surface area contributed by atoms with Crippen molar-refractivity contribution in [3.8, 4) is 5.69 Å². The summed E-state index contributed by atoms with van der Waals surface area (Å²) in [6, 6.07) is 4.51. The fourth-order valence-electron chi connectivity index (χ4n) is 1.70. The number of carbonyl (C=O) groups excluding carboxylic acids is 2. The minimum atomic E-state index is -3.81. The molecule has 0 radical (unpaired) electrons. The summed E-state index contributed by atoms with van der Waals surface area (Å²) in [5, 5.41) is 11.1. The summed E-state index contributed by atoms with van der Waals surface area (Å²) in [5.74, 6) is -0.858. The van der Waals surface area contributed by atoms with E-state index in [2.05, 4.69) is 10.4 Å². The minimum Gasteiger partial charge on any atom is -0.364 e. The lowest BCUT2D eigenvalue weighted by atomic mass is 10.3. The van der Waals surface area contributed by atoms with Crippen LogP contribution in [0.5, 0.6) is 0 Å². The molecular formula is C11H12N6O4S. The molecule has 7 N–H and O–H groups in total. The zero-order chi connectivity index (χ0) is 16.5. The van der Waals surface area contributed by atoms with E-state index in [9.17, 15) is 18.0 Å². The molecule has 1 aromatic carbocycles. The molecule has 0 aliphatic heterocycles. The number of amides is 3. The molecule has 1 heterocycles. The van der Waals surface area contributed by atoms with Crippen molar-refractivity contribution in [3.63, 3.8) is 0 Å². The number of benzene rings is 1. The molecule has 1 aromatic heterocycles. The van der Waals surface area contributed by atoms with Gasteiger partial charge in [-0.3, -0.25) is 4.79 Å². The summed E-state index contributed by atoms with van der Waals surface area (Å²) < 4.78 is 23.6. The fourth-order valence-corrected chi connectivity index (χ4v) is 2.22. The van der Waals surface area contributed by atoms with E-state index < -0.39 is 22.0 Å². The van der Waals surface area contributed by atoms with Gasteiger partial charge < -0.3 is 16.8 Å². The first-order chi connectivity index (χ1) is 10.2. The number of primary amides is 2. The smallest absolute Gasteiger partial charge is 0.316 e. The van der Waals surface area contributed by atoms with Crippen molar-refractivity contribution in [2.24, 2.45) is 16.6 Å². The molecule has 11 heteroatoms. The van der Waals surface area contributed by atoms with E-state index in [-0.39, 0.29) is 16.3 Å². The lowest BCUT2D eigenvalue weighted by Crippen LogP contribution is -2.22. The van der Waals surface area contributed by atoms with Crippen LogP contribution in [0.25, 0.3) is 5.69 Å². The number of nitrogens with two attached hydrogens (primary N) is 3. The highest BCUT2D eigenvalue weighted by Crippen LogP contribution is 2.18. The number of sulfonamides is 1. The van der Waals surface area contributed by atoms with Gasteiger partial charge in [-0.15, -0.1) is 0 Å². The lowest BCUT2D eigenvalue weighted by Gasteiger charge is -2.02. The number of hydrogen-bond donors (Lipinski definition) is 4. The van der Waals surface area contributed by atoms with Crippen LogP contribution >= 0.6 is 0 Å². The quantitative estimate of drug-likeness (QED) is 0.569. The van der Waals surface area contributed by atoms with E-state index in [4.69, 9.17) is 16.6 Å². The van der Waals surface area contributed by atoms with Gasteiger partial charge in [0.25, 0.3) is 5.91 Å². The van der Waals surface area contributed by atoms with Crippen molar-refractivity contribution >= 4 is 27.6 Å². The molecule has 116 valence electrons. The standard InChI is InChI=1S/C11H12N6O4S/c12-10(18)9-8(15-11(13)19)5-17(16-9)6-1-3-7(4-2-6)22(14,20)21/h1-5H,(H2,12,18)(H3,13,15,19)(H2,14,20,21). The second kappa shape index (κ2) is 5.46. The zero-order valence-electron chi connectivity index (χ0n) is 11.1. The van der Waals surface area contributed by atoms with E-state index in [1.54, 1.807) is 0 Å². The number of primary sulfonamides is 1. The van der Waals surface area contributed by atoms with Gasteiger partial charge >= 0.3 is 6.03 Å². The van der Waals surface area contributed by atoms with Crippen LogP contribution in [0.4, 0.5) is 10.5 Å². The molecule has 0 saturated heterocycles. The number of aromatic nitrogens is 2. The Morgan fingerprint density at radius 1 is 1.14 bits per heavy atom. The Kier molecular flexibility index (Phi) is 3.84. The average molecular weight is 324 g/mol. The molecule has 0 spiro atoms. The highest BCUT2D eigenvalue weighted by molar-refractivity contribution is 7.89. The van der Waals surface area contributed by atoms with Crippen LogP contribution in [-0.4, -0.2) is 30.1 Å². The molecule has 0 unspecified atom stereocenters. The molecule has 2 rings (SSSR count). The molecule has 0 aliphatic carbocycles. The second-order valence-electron chi connectivity index (χ2n) is 4.23. The van der Waals surface area contributed by atoms with Crippen molar-refractivity contribution in [2.75, 3.05) is 5.32 Å². The maximum absolute atomic E-state index is 11.3. The Bertz CT molecular complexity index is 840. The van der Waals surface area contributed by atoms with Crippen molar-refractivity contribution < 1.29 is 18.0 Å².